The van der Waals surface area contributed by atoms with Crippen molar-refractivity contribution < 1.29 is 31.4 Å². The molecule has 27 heavy (non-hydrogen) atoms. The second kappa shape index (κ2) is 8.33. The maximum absolute atomic E-state index is 14.4. The third-order valence-corrected chi connectivity index (χ3v) is 5.74. The Labute approximate surface area is 156 Å². The molecule has 0 aromatic heterocycles. The molecule has 1 aliphatic carbocycles. The van der Waals surface area contributed by atoms with Crippen molar-refractivity contribution in [3.05, 3.63) is 29.6 Å². The Hall–Kier alpha value is -1.37. The van der Waals surface area contributed by atoms with Gasteiger partial charge in [0.1, 0.15) is 5.75 Å². The van der Waals surface area contributed by atoms with Crippen LogP contribution in [0.15, 0.2) is 12.1 Å². The molecule has 1 aromatic carbocycles. The van der Waals surface area contributed by atoms with Crippen LogP contribution in [-0.2, 0) is 4.74 Å². The van der Waals surface area contributed by atoms with Crippen molar-refractivity contribution >= 4 is 0 Å². The molecule has 1 heterocycles. The predicted molar refractivity (Wildman–Crippen MR) is 90.1 cm³/mol. The van der Waals surface area contributed by atoms with E-state index in [9.17, 15) is 22.0 Å². The maximum atomic E-state index is 14.4. The molecule has 1 saturated heterocycles. The van der Waals surface area contributed by atoms with Crippen molar-refractivity contribution in [1.29, 1.82) is 0 Å². The minimum atomic E-state index is -3.57. The summed E-state index contributed by atoms with van der Waals surface area (Å²) in [5, 5.41) is 0. The summed E-state index contributed by atoms with van der Waals surface area (Å²) in [6, 6.07) is 0.885. The summed E-state index contributed by atoms with van der Waals surface area (Å²) in [5.41, 5.74) is 0. The lowest BCUT2D eigenvalue weighted by atomic mass is 9.78. The predicted octanol–water partition coefficient (Wildman–Crippen LogP) is 6.23. The van der Waals surface area contributed by atoms with Gasteiger partial charge in [-0.3, -0.25) is 0 Å². The standard InChI is InChI=1S/C20H25F5O2/c1-2-3-14-8-9-18(26-14)12-4-6-13(7-5-12)20(24,25)27-15-10-16(21)19(23)17(22)11-15/h10-14,18H,2-9H2,1H3. The average molecular weight is 392 g/mol. The van der Waals surface area contributed by atoms with Crippen LogP contribution in [0.25, 0.3) is 0 Å². The molecule has 3 rings (SSSR count). The lowest BCUT2D eigenvalue weighted by Gasteiger charge is -2.35. The zero-order chi connectivity index (χ0) is 19.6. The highest BCUT2D eigenvalue weighted by atomic mass is 19.3. The molecular weight excluding hydrogens is 367 g/mol. The first-order valence-electron chi connectivity index (χ1n) is 9.67. The van der Waals surface area contributed by atoms with Crippen molar-refractivity contribution in [3.8, 4) is 5.75 Å². The fourth-order valence-electron chi connectivity index (χ4n) is 4.27. The van der Waals surface area contributed by atoms with Crippen LogP contribution >= 0.6 is 0 Å². The molecule has 7 heteroatoms. The van der Waals surface area contributed by atoms with E-state index >= 15 is 0 Å². The molecule has 0 radical (unpaired) electrons. The van der Waals surface area contributed by atoms with Gasteiger partial charge in [-0.15, -0.1) is 0 Å². The summed E-state index contributed by atoms with van der Waals surface area (Å²) >= 11 is 0. The largest absolute Gasteiger partial charge is 0.432 e. The van der Waals surface area contributed by atoms with E-state index in [1.807, 2.05) is 0 Å². The molecular formula is C20H25F5O2. The van der Waals surface area contributed by atoms with E-state index in [2.05, 4.69) is 11.7 Å². The first-order chi connectivity index (χ1) is 12.8. The molecule has 2 unspecified atom stereocenters. The van der Waals surface area contributed by atoms with Gasteiger partial charge >= 0.3 is 6.11 Å². The van der Waals surface area contributed by atoms with Gasteiger partial charge in [-0.2, -0.15) is 8.78 Å². The van der Waals surface area contributed by atoms with Crippen molar-refractivity contribution in [3.63, 3.8) is 0 Å². The molecule has 1 aromatic rings. The number of hydrogen-bond acceptors (Lipinski definition) is 2. The fourth-order valence-corrected chi connectivity index (χ4v) is 4.27. The zero-order valence-corrected chi connectivity index (χ0v) is 15.3. The maximum Gasteiger partial charge on any atom is 0.400 e. The highest BCUT2D eigenvalue weighted by Crippen LogP contribution is 2.43. The smallest absolute Gasteiger partial charge is 0.400 e. The van der Waals surface area contributed by atoms with E-state index in [1.165, 1.54) is 0 Å². The average Bonchev–Trinajstić information content (AvgIpc) is 3.08. The second-order valence-corrected chi connectivity index (χ2v) is 7.64. The SMILES string of the molecule is CCCC1CCC(C2CCC(C(F)(F)Oc3cc(F)c(F)c(F)c3)CC2)O1. The van der Waals surface area contributed by atoms with Crippen molar-refractivity contribution in [2.45, 2.75) is 76.6 Å². The van der Waals surface area contributed by atoms with E-state index in [0.29, 0.717) is 25.0 Å². The van der Waals surface area contributed by atoms with Crippen molar-refractivity contribution in [2.75, 3.05) is 0 Å². The second-order valence-electron chi connectivity index (χ2n) is 7.64. The number of hydrogen-bond donors (Lipinski definition) is 0. The third kappa shape index (κ3) is 4.73. The number of alkyl halides is 2. The summed E-state index contributed by atoms with van der Waals surface area (Å²) < 4.78 is 78.9. The minimum absolute atomic E-state index is 0.136. The van der Waals surface area contributed by atoms with Crippen LogP contribution in [0.4, 0.5) is 22.0 Å². The molecule has 0 bridgehead atoms. The topological polar surface area (TPSA) is 18.5 Å². The van der Waals surface area contributed by atoms with E-state index in [0.717, 1.165) is 25.7 Å². The Kier molecular flexibility index (Phi) is 6.28. The number of benzene rings is 1. The van der Waals surface area contributed by atoms with E-state index in [4.69, 9.17) is 4.74 Å². The lowest BCUT2D eigenvalue weighted by Crippen LogP contribution is -2.38. The normalized spacial score (nSPS) is 29.1. The molecule has 1 saturated carbocycles. The number of ether oxygens (including phenoxy) is 2. The Morgan fingerprint density at radius 1 is 1.00 bits per heavy atom. The molecule has 0 spiro atoms. The van der Waals surface area contributed by atoms with Crippen molar-refractivity contribution in [2.24, 2.45) is 11.8 Å². The van der Waals surface area contributed by atoms with Gasteiger partial charge < -0.3 is 9.47 Å². The van der Waals surface area contributed by atoms with E-state index in [1.54, 1.807) is 0 Å². The number of halogens is 5. The Balaban J connectivity index is 1.55. The molecule has 2 fully saturated rings. The van der Waals surface area contributed by atoms with Gasteiger partial charge in [0.25, 0.3) is 0 Å². The van der Waals surface area contributed by atoms with Crippen LogP contribution < -0.4 is 4.74 Å². The molecule has 0 amide bonds. The van der Waals surface area contributed by atoms with E-state index in [-0.39, 0.29) is 31.0 Å². The lowest BCUT2D eigenvalue weighted by molar-refractivity contribution is -0.225. The summed E-state index contributed by atoms with van der Waals surface area (Å²) in [5.74, 6) is -6.30. The highest BCUT2D eigenvalue weighted by Gasteiger charge is 2.45. The van der Waals surface area contributed by atoms with Crippen LogP contribution in [0.1, 0.15) is 58.3 Å². The molecule has 2 nitrogen and oxygen atoms in total. The fraction of sp³-hybridized carbons (Fsp3) is 0.700. The van der Waals surface area contributed by atoms with Crippen LogP contribution in [0.5, 0.6) is 5.75 Å². The highest BCUT2D eigenvalue weighted by molar-refractivity contribution is 5.25. The molecule has 0 N–H and O–H groups in total. The van der Waals surface area contributed by atoms with Gasteiger partial charge in [-0.05, 0) is 50.9 Å². The number of rotatable bonds is 6. The third-order valence-electron chi connectivity index (χ3n) is 5.74. The summed E-state index contributed by atoms with van der Waals surface area (Å²) in [4.78, 5) is 0. The first kappa shape index (κ1) is 20.4. The molecule has 1 aliphatic heterocycles. The van der Waals surface area contributed by atoms with Crippen LogP contribution in [-0.4, -0.2) is 18.3 Å². The van der Waals surface area contributed by atoms with Crippen molar-refractivity contribution in [1.82, 2.24) is 0 Å². The van der Waals surface area contributed by atoms with E-state index < -0.39 is 35.2 Å². The van der Waals surface area contributed by atoms with Gasteiger partial charge in [-0.25, -0.2) is 13.2 Å². The Morgan fingerprint density at radius 3 is 2.22 bits per heavy atom. The monoisotopic (exact) mass is 392 g/mol. The molecule has 2 atom stereocenters. The van der Waals surface area contributed by atoms with Crippen LogP contribution in [0.3, 0.4) is 0 Å². The Bertz CT molecular complexity index is 620. The molecule has 152 valence electrons. The van der Waals surface area contributed by atoms with Gasteiger partial charge in [0.2, 0.25) is 0 Å². The minimum Gasteiger partial charge on any atom is -0.432 e. The summed E-state index contributed by atoms with van der Waals surface area (Å²) in [6.45, 7) is 2.11. The quantitative estimate of drug-likeness (QED) is 0.422. The Morgan fingerprint density at radius 2 is 1.63 bits per heavy atom. The van der Waals surface area contributed by atoms with Gasteiger partial charge in [-0.1, -0.05) is 13.3 Å². The summed E-state index contributed by atoms with van der Waals surface area (Å²) in [6.07, 6.45) is 2.68. The van der Waals surface area contributed by atoms with Crippen LogP contribution in [0, 0.1) is 29.3 Å². The summed E-state index contributed by atoms with van der Waals surface area (Å²) in [7, 11) is 0. The van der Waals surface area contributed by atoms with Gasteiger partial charge in [0.05, 0.1) is 18.1 Å². The zero-order valence-electron chi connectivity index (χ0n) is 15.3. The van der Waals surface area contributed by atoms with Gasteiger partial charge in [0, 0.05) is 12.1 Å². The van der Waals surface area contributed by atoms with Crippen LogP contribution in [0.2, 0.25) is 0 Å². The first-order valence-corrected chi connectivity index (χ1v) is 9.67. The molecule has 2 aliphatic rings. The van der Waals surface area contributed by atoms with Gasteiger partial charge in [0.15, 0.2) is 17.5 Å².